The Morgan fingerprint density at radius 2 is 2.06 bits per heavy atom. The summed E-state index contributed by atoms with van der Waals surface area (Å²) in [6.07, 6.45) is 3.10. The highest BCUT2D eigenvalue weighted by Crippen LogP contribution is 2.25. The van der Waals surface area contributed by atoms with Crippen molar-refractivity contribution >= 4 is 11.6 Å². The Morgan fingerprint density at radius 3 is 2.81 bits per heavy atom. The largest absolute Gasteiger partial charge is 0.481 e. The normalized spacial score (nSPS) is 9.88. The highest BCUT2D eigenvalue weighted by atomic mass is 35.5. The van der Waals surface area contributed by atoms with Gasteiger partial charge in [0.25, 0.3) is 0 Å². The smallest absolute Gasteiger partial charge is 0.325 e. The van der Waals surface area contributed by atoms with E-state index in [-0.39, 0.29) is 11.2 Å². The number of pyridine rings is 1. The molecule has 0 fully saturated rings. The molecule has 0 aromatic carbocycles. The van der Waals surface area contributed by atoms with E-state index in [1.807, 2.05) is 0 Å². The third-order valence-electron chi connectivity index (χ3n) is 1.74. The first kappa shape index (κ1) is 10.6. The van der Waals surface area contributed by atoms with E-state index in [4.69, 9.17) is 21.1 Å². The number of hydrogen-bond donors (Lipinski definition) is 0. The summed E-state index contributed by atoms with van der Waals surface area (Å²) in [6, 6.07) is 5.17. The molecule has 82 valence electrons. The molecule has 0 unspecified atom stereocenters. The highest BCUT2D eigenvalue weighted by Gasteiger charge is 2.06. The summed E-state index contributed by atoms with van der Waals surface area (Å²) in [5.41, 5.74) is 0. The zero-order chi connectivity index (χ0) is 11.4. The van der Waals surface area contributed by atoms with Gasteiger partial charge in [0, 0.05) is 18.5 Å². The Labute approximate surface area is 97.0 Å². The highest BCUT2D eigenvalue weighted by molar-refractivity contribution is 6.30. The van der Waals surface area contributed by atoms with E-state index in [0.717, 1.165) is 0 Å². The summed E-state index contributed by atoms with van der Waals surface area (Å²) in [5, 5.41) is 0.258. The number of aromatic nitrogens is 3. The van der Waals surface area contributed by atoms with Crippen LogP contribution in [-0.2, 0) is 0 Å². The van der Waals surface area contributed by atoms with Gasteiger partial charge in [-0.3, -0.25) is 0 Å². The third kappa shape index (κ3) is 2.38. The molecule has 0 aliphatic rings. The second-order valence-electron chi connectivity index (χ2n) is 2.78. The summed E-state index contributed by atoms with van der Waals surface area (Å²) in [5.74, 6) is 0.822. The quantitative estimate of drug-likeness (QED) is 0.767. The minimum absolute atomic E-state index is 0.161. The fraction of sp³-hybridized carbons (Fsp3) is 0.100. The summed E-state index contributed by atoms with van der Waals surface area (Å²) >= 11 is 5.82. The number of methoxy groups -OCH3 is 1. The molecule has 0 radical (unpaired) electrons. The molecule has 0 aliphatic heterocycles. The molecule has 0 bridgehead atoms. The Hall–Kier alpha value is -1.88. The molecule has 0 spiro atoms. The van der Waals surface area contributed by atoms with E-state index in [0.29, 0.717) is 11.6 Å². The van der Waals surface area contributed by atoms with Crippen LogP contribution in [0.15, 0.2) is 30.6 Å². The van der Waals surface area contributed by atoms with Gasteiger partial charge in [0.1, 0.15) is 0 Å². The second kappa shape index (κ2) is 4.76. The monoisotopic (exact) mass is 237 g/mol. The average molecular weight is 238 g/mol. The molecule has 0 aliphatic carbocycles. The van der Waals surface area contributed by atoms with Crippen molar-refractivity contribution in [2.45, 2.75) is 0 Å². The molecule has 16 heavy (non-hydrogen) atoms. The van der Waals surface area contributed by atoms with Gasteiger partial charge in [-0.25, -0.2) is 9.97 Å². The minimum atomic E-state index is 0.161. The van der Waals surface area contributed by atoms with Crippen molar-refractivity contribution in [3.8, 4) is 17.6 Å². The fourth-order valence-corrected chi connectivity index (χ4v) is 1.19. The van der Waals surface area contributed by atoms with Crippen LogP contribution >= 0.6 is 11.6 Å². The topological polar surface area (TPSA) is 57.1 Å². The second-order valence-corrected chi connectivity index (χ2v) is 3.13. The molecular formula is C10H8ClN3O2. The van der Waals surface area contributed by atoms with Gasteiger partial charge < -0.3 is 9.47 Å². The summed E-state index contributed by atoms with van der Waals surface area (Å²) in [7, 11) is 1.52. The Balaban J connectivity index is 2.24. The maximum Gasteiger partial charge on any atom is 0.325 e. The Bertz CT molecular complexity index is 493. The van der Waals surface area contributed by atoms with Crippen LogP contribution in [0.1, 0.15) is 0 Å². The number of hydrogen-bond acceptors (Lipinski definition) is 5. The summed E-state index contributed by atoms with van der Waals surface area (Å²) in [4.78, 5) is 11.8. The zero-order valence-electron chi connectivity index (χ0n) is 8.42. The molecular weight excluding hydrogens is 230 g/mol. The average Bonchev–Trinajstić information content (AvgIpc) is 2.32. The predicted octanol–water partition coefficient (Wildman–Crippen LogP) is 2.33. The lowest BCUT2D eigenvalue weighted by Gasteiger charge is -2.05. The SMILES string of the molecule is COc1ccnc(Oc2cccnc2Cl)n1. The molecule has 2 rings (SSSR count). The van der Waals surface area contributed by atoms with E-state index in [2.05, 4.69) is 15.0 Å². The van der Waals surface area contributed by atoms with Crippen molar-refractivity contribution in [2.75, 3.05) is 7.11 Å². The molecule has 2 aromatic rings. The molecule has 0 atom stereocenters. The first-order valence-corrected chi connectivity index (χ1v) is 4.83. The molecule has 0 saturated carbocycles. The predicted molar refractivity (Wildman–Crippen MR) is 57.9 cm³/mol. The van der Waals surface area contributed by atoms with Crippen LogP contribution in [-0.4, -0.2) is 22.1 Å². The zero-order valence-corrected chi connectivity index (χ0v) is 9.18. The van der Waals surface area contributed by atoms with E-state index >= 15 is 0 Å². The van der Waals surface area contributed by atoms with Gasteiger partial charge in [-0.2, -0.15) is 4.98 Å². The van der Waals surface area contributed by atoms with Crippen LogP contribution < -0.4 is 9.47 Å². The van der Waals surface area contributed by atoms with Crippen LogP contribution in [0.3, 0.4) is 0 Å². The minimum Gasteiger partial charge on any atom is -0.481 e. The Morgan fingerprint density at radius 1 is 1.19 bits per heavy atom. The number of rotatable bonds is 3. The van der Waals surface area contributed by atoms with Crippen molar-refractivity contribution < 1.29 is 9.47 Å². The van der Waals surface area contributed by atoms with Crippen molar-refractivity contribution in [3.05, 3.63) is 35.7 Å². The fourth-order valence-electron chi connectivity index (χ4n) is 1.03. The molecule has 0 saturated heterocycles. The standard InChI is InChI=1S/C10H8ClN3O2/c1-15-8-4-6-13-10(14-8)16-7-3-2-5-12-9(7)11/h2-6H,1H3. The molecule has 5 nitrogen and oxygen atoms in total. The van der Waals surface area contributed by atoms with Crippen LogP contribution in [0.4, 0.5) is 0 Å². The first-order chi connectivity index (χ1) is 7.79. The third-order valence-corrected chi connectivity index (χ3v) is 2.03. The summed E-state index contributed by atoms with van der Waals surface area (Å²) < 4.78 is 10.3. The first-order valence-electron chi connectivity index (χ1n) is 4.45. The van der Waals surface area contributed by atoms with E-state index < -0.39 is 0 Å². The molecule has 2 heterocycles. The lowest BCUT2D eigenvalue weighted by molar-refractivity contribution is 0.376. The van der Waals surface area contributed by atoms with E-state index in [1.54, 1.807) is 24.4 Å². The van der Waals surface area contributed by atoms with Gasteiger partial charge in [-0.1, -0.05) is 11.6 Å². The van der Waals surface area contributed by atoms with Crippen LogP contribution in [0, 0.1) is 0 Å². The van der Waals surface area contributed by atoms with Gasteiger partial charge in [-0.05, 0) is 12.1 Å². The lowest BCUT2D eigenvalue weighted by Crippen LogP contribution is -1.95. The maximum atomic E-state index is 5.82. The Kier molecular flexibility index (Phi) is 3.16. The van der Waals surface area contributed by atoms with Crippen LogP contribution in [0.5, 0.6) is 17.6 Å². The number of nitrogens with zero attached hydrogens (tertiary/aromatic N) is 3. The van der Waals surface area contributed by atoms with Gasteiger partial charge >= 0.3 is 6.01 Å². The number of halogens is 1. The van der Waals surface area contributed by atoms with Crippen molar-refractivity contribution in [2.24, 2.45) is 0 Å². The summed E-state index contributed by atoms with van der Waals surface area (Å²) in [6.45, 7) is 0. The van der Waals surface area contributed by atoms with Gasteiger partial charge in [-0.15, -0.1) is 0 Å². The van der Waals surface area contributed by atoms with E-state index in [1.165, 1.54) is 13.3 Å². The maximum absolute atomic E-state index is 5.82. The van der Waals surface area contributed by atoms with Crippen LogP contribution in [0.25, 0.3) is 0 Å². The lowest BCUT2D eigenvalue weighted by atomic mass is 10.5. The van der Waals surface area contributed by atoms with Crippen molar-refractivity contribution in [1.82, 2.24) is 15.0 Å². The van der Waals surface area contributed by atoms with Gasteiger partial charge in [0.2, 0.25) is 5.88 Å². The molecule has 0 N–H and O–H groups in total. The van der Waals surface area contributed by atoms with Crippen LogP contribution in [0.2, 0.25) is 5.15 Å². The van der Waals surface area contributed by atoms with Gasteiger partial charge in [0.15, 0.2) is 10.9 Å². The van der Waals surface area contributed by atoms with Crippen molar-refractivity contribution in [3.63, 3.8) is 0 Å². The number of ether oxygens (including phenoxy) is 2. The molecule has 0 amide bonds. The molecule has 6 heteroatoms. The molecule has 2 aromatic heterocycles. The van der Waals surface area contributed by atoms with E-state index in [9.17, 15) is 0 Å². The van der Waals surface area contributed by atoms with Crippen molar-refractivity contribution in [1.29, 1.82) is 0 Å². The van der Waals surface area contributed by atoms with Gasteiger partial charge in [0.05, 0.1) is 7.11 Å².